The van der Waals surface area contributed by atoms with Crippen LogP contribution in [0.2, 0.25) is 0 Å². The van der Waals surface area contributed by atoms with E-state index in [1.807, 2.05) is 12.1 Å². The Hall–Kier alpha value is -3.47. The highest BCUT2D eigenvalue weighted by Gasteiger charge is 2.68. The number of benzene rings is 1. The molecule has 0 N–H and O–H groups in total. The van der Waals surface area contributed by atoms with E-state index in [0.717, 1.165) is 24.1 Å². The highest BCUT2D eigenvalue weighted by Crippen LogP contribution is 2.67. The lowest BCUT2D eigenvalue weighted by Gasteiger charge is -2.16. The number of halogens is 1. The number of hydrogen-bond donors (Lipinski definition) is 0. The van der Waals surface area contributed by atoms with Crippen LogP contribution in [0.25, 0.3) is 11.1 Å². The van der Waals surface area contributed by atoms with Crippen molar-refractivity contribution in [3.05, 3.63) is 47.5 Å². The molecule has 1 aromatic heterocycles. The fourth-order valence-corrected chi connectivity index (χ4v) is 6.48. The van der Waals surface area contributed by atoms with E-state index in [0.29, 0.717) is 41.5 Å². The summed E-state index contributed by atoms with van der Waals surface area (Å²) in [6.45, 7) is 0. The van der Waals surface area contributed by atoms with Gasteiger partial charge >= 0.3 is 12.1 Å². The molecule has 0 spiro atoms. The number of amides is 1. The lowest BCUT2D eigenvalue weighted by atomic mass is 9.92. The van der Waals surface area contributed by atoms with Crippen molar-refractivity contribution in [2.24, 2.45) is 11.8 Å². The lowest BCUT2D eigenvalue weighted by Crippen LogP contribution is -2.33. The van der Waals surface area contributed by atoms with Crippen molar-refractivity contribution in [3.8, 4) is 17.2 Å². The number of esters is 1. The summed E-state index contributed by atoms with van der Waals surface area (Å²) < 4.78 is 25.3. The molecule has 1 saturated heterocycles. The van der Waals surface area contributed by atoms with Crippen molar-refractivity contribution in [2.75, 3.05) is 12.0 Å². The van der Waals surface area contributed by atoms with Gasteiger partial charge in [0.25, 0.3) is 0 Å². The van der Waals surface area contributed by atoms with Crippen LogP contribution in [-0.4, -0.2) is 36.3 Å². The third-order valence-corrected chi connectivity index (χ3v) is 8.19. The average molecular weight is 461 g/mol. The highest BCUT2D eigenvalue weighted by molar-refractivity contribution is 5.94. The first-order valence-corrected chi connectivity index (χ1v) is 11.7. The van der Waals surface area contributed by atoms with Crippen LogP contribution in [0.4, 0.5) is 14.9 Å². The summed E-state index contributed by atoms with van der Waals surface area (Å²) in [7, 11) is 1.32. The zero-order chi connectivity index (χ0) is 23.6. The summed E-state index contributed by atoms with van der Waals surface area (Å²) in [5.74, 6) is -0.0128. The van der Waals surface area contributed by atoms with E-state index in [1.54, 1.807) is 12.3 Å². The molecule has 34 heavy (non-hydrogen) atoms. The molecule has 2 saturated carbocycles. The minimum atomic E-state index is -0.520. The number of cyclic esters (lactones) is 1. The van der Waals surface area contributed by atoms with Crippen LogP contribution in [0.3, 0.4) is 0 Å². The maximum atomic E-state index is 15.2. The van der Waals surface area contributed by atoms with Crippen molar-refractivity contribution in [1.82, 2.24) is 4.98 Å². The minimum absolute atomic E-state index is 0.151. The molecule has 5 atom stereocenters. The molecule has 2 aliphatic heterocycles. The van der Waals surface area contributed by atoms with Crippen molar-refractivity contribution >= 4 is 17.7 Å². The van der Waals surface area contributed by atoms with Gasteiger partial charge in [0.1, 0.15) is 17.3 Å². The van der Waals surface area contributed by atoms with Crippen molar-refractivity contribution < 1.29 is 23.5 Å². The maximum absolute atomic E-state index is 15.2. The number of anilines is 1. The molecule has 1 unspecified atom stereocenters. The largest absolute Gasteiger partial charge is 0.469 e. The summed E-state index contributed by atoms with van der Waals surface area (Å²) >= 11 is 0. The number of fused-ring (bicyclic) bond motifs is 4. The number of aromatic nitrogens is 1. The number of carbonyl (C=O) groups excluding carboxylic acids is 2. The van der Waals surface area contributed by atoms with E-state index in [4.69, 9.17) is 4.74 Å². The number of carbonyl (C=O) groups is 2. The molecule has 3 fully saturated rings. The smallest absolute Gasteiger partial charge is 0.415 e. The molecule has 0 bridgehead atoms. The summed E-state index contributed by atoms with van der Waals surface area (Å²) in [5.41, 5.74) is 2.73. The van der Waals surface area contributed by atoms with Crippen LogP contribution >= 0.6 is 0 Å². The van der Waals surface area contributed by atoms with Gasteiger partial charge in [0.2, 0.25) is 0 Å². The van der Waals surface area contributed by atoms with Gasteiger partial charge in [0, 0.05) is 23.7 Å². The van der Waals surface area contributed by atoms with Crippen LogP contribution < -0.4 is 4.90 Å². The SMILES string of the molecule is COC(=O)CC[C@@H]1OC(=O)N2c3cc(F)c(-c4ccc(C5(C#N)[C@@H]6CCC[C@@H]65)nc4)cc3C[C@@H]12. The monoisotopic (exact) mass is 461 g/mol. The third-order valence-electron chi connectivity index (χ3n) is 8.19. The second-order valence-electron chi connectivity index (χ2n) is 9.70. The van der Waals surface area contributed by atoms with E-state index < -0.39 is 23.4 Å². The van der Waals surface area contributed by atoms with Crippen LogP contribution in [-0.2, 0) is 26.1 Å². The predicted octanol–water partition coefficient (Wildman–Crippen LogP) is 4.28. The fraction of sp³-hybridized carbons (Fsp3) is 0.462. The number of hydrogen-bond acceptors (Lipinski definition) is 6. The molecule has 8 heteroatoms. The standard InChI is InChI=1S/C26H24FN3O4/c1-33-24(31)8-6-22-21-10-15-9-16(19(27)11-20(15)30(21)25(32)34-22)14-5-7-23(29-12-14)26(13-28)17-3-2-4-18(17)26/h5,7,9,11-12,17-18,21-22H,2-4,6,8,10H2,1H3/t17-,18+,21-,22-,26?/m0/s1. The predicted molar refractivity (Wildman–Crippen MR) is 119 cm³/mol. The van der Waals surface area contributed by atoms with Gasteiger partial charge in [0.05, 0.1) is 30.6 Å². The van der Waals surface area contributed by atoms with E-state index >= 15 is 4.39 Å². The molecule has 0 radical (unpaired) electrons. The van der Waals surface area contributed by atoms with Crippen LogP contribution in [0.5, 0.6) is 0 Å². The fourth-order valence-electron chi connectivity index (χ4n) is 6.48. The molecule has 2 aromatic rings. The van der Waals surface area contributed by atoms with Crippen molar-refractivity contribution in [3.63, 3.8) is 0 Å². The van der Waals surface area contributed by atoms with Gasteiger partial charge in [-0.25, -0.2) is 9.18 Å². The topological polar surface area (TPSA) is 92.5 Å². The van der Waals surface area contributed by atoms with Gasteiger partial charge in [-0.05, 0) is 61.3 Å². The molecule has 1 aromatic carbocycles. The molecular weight excluding hydrogens is 437 g/mol. The molecule has 6 rings (SSSR count). The second kappa shape index (κ2) is 7.52. The molecule has 4 aliphatic rings. The lowest BCUT2D eigenvalue weighted by molar-refractivity contribution is -0.141. The number of ether oxygens (including phenoxy) is 2. The minimum Gasteiger partial charge on any atom is -0.469 e. The first-order chi connectivity index (χ1) is 16.5. The first-order valence-electron chi connectivity index (χ1n) is 11.7. The Balaban J connectivity index is 1.26. The van der Waals surface area contributed by atoms with Gasteiger partial charge in [-0.1, -0.05) is 12.5 Å². The summed E-state index contributed by atoms with van der Waals surface area (Å²) in [6, 6.07) is 9.09. The summed E-state index contributed by atoms with van der Waals surface area (Å²) in [5, 5.41) is 9.84. The molecule has 1 amide bonds. The van der Waals surface area contributed by atoms with Crippen LogP contribution in [0.1, 0.15) is 43.4 Å². The highest BCUT2D eigenvalue weighted by atomic mass is 19.1. The Morgan fingerprint density at radius 1 is 1.35 bits per heavy atom. The summed E-state index contributed by atoms with van der Waals surface area (Å²) in [6.07, 6.45) is 5.02. The normalized spacial score (nSPS) is 30.3. The number of rotatable bonds is 5. The Kier molecular flexibility index (Phi) is 4.67. The third kappa shape index (κ3) is 2.89. The Labute approximate surface area is 196 Å². The number of nitriles is 1. The van der Waals surface area contributed by atoms with Gasteiger partial charge in [-0.15, -0.1) is 0 Å². The second-order valence-corrected chi connectivity index (χ2v) is 9.70. The van der Waals surface area contributed by atoms with E-state index in [2.05, 4.69) is 15.8 Å². The van der Waals surface area contributed by atoms with Crippen LogP contribution in [0, 0.1) is 29.0 Å². The van der Waals surface area contributed by atoms with E-state index in [9.17, 15) is 14.9 Å². The molecule has 7 nitrogen and oxygen atoms in total. The number of nitrogens with zero attached hydrogens (tertiary/aromatic N) is 3. The number of methoxy groups -OCH3 is 1. The zero-order valence-corrected chi connectivity index (χ0v) is 18.8. The molecule has 174 valence electrons. The molecule has 3 heterocycles. The zero-order valence-electron chi connectivity index (χ0n) is 18.8. The van der Waals surface area contributed by atoms with E-state index in [1.165, 1.54) is 24.5 Å². The quantitative estimate of drug-likeness (QED) is 0.617. The molecular formula is C26H24FN3O4. The molecule has 2 aliphatic carbocycles. The Bertz CT molecular complexity index is 1230. The number of pyridine rings is 1. The van der Waals surface area contributed by atoms with E-state index in [-0.39, 0.29) is 18.4 Å². The maximum Gasteiger partial charge on any atom is 0.415 e. The first kappa shape index (κ1) is 21.1. The Morgan fingerprint density at radius 2 is 2.15 bits per heavy atom. The Morgan fingerprint density at radius 3 is 2.82 bits per heavy atom. The summed E-state index contributed by atoms with van der Waals surface area (Å²) in [4.78, 5) is 30.1. The van der Waals surface area contributed by atoms with Gasteiger partial charge < -0.3 is 9.47 Å². The van der Waals surface area contributed by atoms with Crippen LogP contribution in [0.15, 0.2) is 30.5 Å². The van der Waals surface area contributed by atoms with Crippen molar-refractivity contribution in [2.45, 2.75) is 56.1 Å². The van der Waals surface area contributed by atoms with Gasteiger partial charge in [-0.2, -0.15) is 5.26 Å². The van der Waals surface area contributed by atoms with Crippen molar-refractivity contribution in [1.29, 1.82) is 5.26 Å². The van der Waals surface area contributed by atoms with Gasteiger partial charge in [-0.3, -0.25) is 14.7 Å². The average Bonchev–Trinajstić information content (AvgIpc) is 3.23. The van der Waals surface area contributed by atoms with Gasteiger partial charge in [0.15, 0.2) is 0 Å².